The van der Waals surface area contributed by atoms with Crippen molar-refractivity contribution in [2.45, 2.75) is 6.42 Å². The Kier molecular flexibility index (Phi) is 5.49. The van der Waals surface area contributed by atoms with Gasteiger partial charge in [0.25, 0.3) is 0 Å². The zero-order valence-electron chi connectivity index (χ0n) is 11.2. The van der Waals surface area contributed by atoms with Crippen molar-refractivity contribution in [3.8, 4) is 11.4 Å². The highest BCUT2D eigenvalue weighted by atomic mass is 35.5. The van der Waals surface area contributed by atoms with Gasteiger partial charge in [0.1, 0.15) is 11.0 Å². The number of aromatic nitrogens is 2. The smallest absolute Gasteiger partial charge is 0.163 e. The van der Waals surface area contributed by atoms with Gasteiger partial charge in [0.15, 0.2) is 5.82 Å². The molecule has 1 aromatic carbocycles. The highest BCUT2D eigenvalue weighted by Crippen LogP contribution is 2.19. The maximum atomic E-state index is 11.0. The van der Waals surface area contributed by atoms with Crippen LogP contribution in [0.3, 0.4) is 0 Å². The lowest BCUT2D eigenvalue weighted by atomic mass is 10.2. The van der Waals surface area contributed by atoms with Gasteiger partial charge in [0, 0.05) is 41.0 Å². The van der Waals surface area contributed by atoms with E-state index in [4.69, 9.17) is 11.6 Å². The third-order valence-corrected chi connectivity index (χ3v) is 3.70. The molecule has 0 aliphatic heterocycles. The van der Waals surface area contributed by atoms with E-state index in [9.17, 15) is 4.21 Å². The van der Waals surface area contributed by atoms with E-state index in [0.29, 0.717) is 29.1 Å². The molecule has 106 valence electrons. The minimum atomic E-state index is -0.761. The first-order valence-corrected chi connectivity index (χ1v) is 8.39. The summed E-state index contributed by atoms with van der Waals surface area (Å²) in [6.45, 7) is 0.709. The standard InChI is InChI=1S/C14H16ClN3OS/c1-20(19)9-5-8-16-13-10-12(15)17-14(18-13)11-6-3-2-4-7-11/h2-4,6-7,10H,5,8-9H2,1H3,(H,16,17,18). The van der Waals surface area contributed by atoms with E-state index in [1.807, 2.05) is 30.3 Å². The number of rotatable bonds is 6. The van der Waals surface area contributed by atoms with Gasteiger partial charge in [-0.25, -0.2) is 9.97 Å². The number of halogens is 1. The van der Waals surface area contributed by atoms with Gasteiger partial charge in [0.05, 0.1) is 0 Å². The van der Waals surface area contributed by atoms with Crippen LogP contribution in [-0.4, -0.2) is 32.7 Å². The van der Waals surface area contributed by atoms with Gasteiger partial charge in [-0.15, -0.1) is 0 Å². The first-order valence-electron chi connectivity index (χ1n) is 6.29. The minimum absolute atomic E-state index is 0.403. The summed E-state index contributed by atoms with van der Waals surface area (Å²) in [5.74, 6) is 1.96. The summed E-state index contributed by atoms with van der Waals surface area (Å²) in [5.41, 5.74) is 0.924. The third-order valence-electron chi connectivity index (χ3n) is 2.64. The summed E-state index contributed by atoms with van der Waals surface area (Å²) in [5, 5.41) is 3.58. The Morgan fingerprint density at radius 2 is 2.00 bits per heavy atom. The van der Waals surface area contributed by atoms with Gasteiger partial charge >= 0.3 is 0 Å². The Balaban J connectivity index is 2.07. The molecule has 2 rings (SSSR count). The number of benzene rings is 1. The van der Waals surface area contributed by atoms with E-state index in [2.05, 4.69) is 15.3 Å². The van der Waals surface area contributed by atoms with Crippen LogP contribution in [0.25, 0.3) is 11.4 Å². The molecule has 2 aromatic rings. The van der Waals surface area contributed by atoms with E-state index in [-0.39, 0.29) is 0 Å². The predicted octanol–water partition coefficient (Wildman–Crippen LogP) is 2.98. The molecule has 0 bridgehead atoms. The number of hydrogen-bond donors (Lipinski definition) is 1. The molecule has 0 amide bonds. The molecular weight excluding hydrogens is 294 g/mol. The van der Waals surface area contributed by atoms with Crippen molar-refractivity contribution in [2.75, 3.05) is 23.9 Å². The molecule has 1 heterocycles. The monoisotopic (exact) mass is 309 g/mol. The maximum absolute atomic E-state index is 11.0. The first-order chi connectivity index (χ1) is 9.65. The van der Waals surface area contributed by atoms with Crippen LogP contribution in [0.1, 0.15) is 6.42 Å². The van der Waals surface area contributed by atoms with Gasteiger partial charge < -0.3 is 5.32 Å². The number of anilines is 1. The molecule has 20 heavy (non-hydrogen) atoms. The van der Waals surface area contributed by atoms with Crippen LogP contribution in [-0.2, 0) is 10.8 Å². The topological polar surface area (TPSA) is 54.9 Å². The lowest BCUT2D eigenvalue weighted by Crippen LogP contribution is -2.08. The third kappa shape index (κ3) is 4.58. The van der Waals surface area contributed by atoms with E-state index in [1.165, 1.54) is 0 Å². The zero-order chi connectivity index (χ0) is 14.4. The maximum Gasteiger partial charge on any atom is 0.163 e. The molecule has 1 N–H and O–H groups in total. The molecule has 6 heteroatoms. The second-order valence-corrected chi connectivity index (χ2v) is 6.27. The Bertz CT molecular complexity index is 592. The highest BCUT2D eigenvalue weighted by molar-refractivity contribution is 7.84. The van der Waals surface area contributed by atoms with Crippen LogP contribution in [0.4, 0.5) is 5.82 Å². The van der Waals surface area contributed by atoms with Crippen molar-refractivity contribution in [3.05, 3.63) is 41.6 Å². The fourth-order valence-electron chi connectivity index (χ4n) is 1.72. The molecular formula is C14H16ClN3OS. The Morgan fingerprint density at radius 1 is 1.25 bits per heavy atom. The largest absolute Gasteiger partial charge is 0.370 e. The molecule has 0 saturated carbocycles. The normalized spacial score (nSPS) is 12.1. The van der Waals surface area contributed by atoms with Gasteiger partial charge in [-0.05, 0) is 6.42 Å². The Labute approximate surface area is 126 Å². The molecule has 0 aliphatic carbocycles. The van der Waals surface area contributed by atoms with Crippen LogP contribution in [0.5, 0.6) is 0 Å². The zero-order valence-corrected chi connectivity index (χ0v) is 12.7. The van der Waals surface area contributed by atoms with E-state index in [0.717, 1.165) is 12.0 Å². The van der Waals surface area contributed by atoms with Crippen molar-refractivity contribution < 1.29 is 4.21 Å². The second-order valence-electron chi connectivity index (χ2n) is 4.32. The summed E-state index contributed by atoms with van der Waals surface area (Å²) in [6.07, 6.45) is 2.53. The van der Waals surface area contributed by atoms with Crippen LogP contribution in [0.15, 0.2) is 36.4 Å². The molecule has 0 saturated heterocycles. The van der Waals surface area contributed by atoms with Crippen LogP contribution in [0, 0.1) is 0 Å². The number of nitrogens with zero attached hydrogens (tertiary/aromatic N) is 2. The molecule has 1 aromatic heterocycles. The molecule has 4 nitrogen and oxygen atoms in total. The molecule has 0 radical (unpaired) electrons. The van der Waals surface area contributed by atoms with Gasteiger partial charge in [-0.1, -0.05) is 41.9 Å². The average Bonchev–Trinajstić information content (AvgIpc) is 2.44. The fraction of sp³-hybridized carbons (Fsp3) is 0.286. The predicted molar refractivity (Wildman–Crippen MR) is 84.5 cm³/mol. The van der Waals surface area contributed by atoms with Gasteiger partial charge in [-0.2, -0.15) is 0 Å². The number of nitrogens with one attached hydrogen (secondary N) is 1. The second kappa shape index (κ2) is 7.36. The van der Waals surface area contributed by atoms with Crippen molar-refractivity contribution in [1.29, 1.82) is 0 Å². The fourth-order valence-corrected chi connectivity index (χ4v) is 2.45. The van der Waals surface area contributed by atoms with Gasteiger partial charge in [-0.3, -0.25) is 4.21 Å². The molecule has 0 fully saturated rings. The number of hydrogen-bond acceptors (Lipinski definition) is 4. The van der Waals surface area contributed by atoms with Crippen LogP contribution >= 0.6 is 11.6 Å². The summed E-state index contributed by atoms with van der Waals surface area (Å²) < 4.78 is 11.0. The molecule has 1 atom stereocenters. The molecule has 0 spiro atoms. The Hall–Kier alpha value is -1.46. The lowest BCUT2D eigenvalue weighted by molar-refractivity contribution is 0.685. The van der Waals surface area contributed by atoms with Crippen molar-refractivity contribution in [3.63, 3.8) is 0 Å². The van der Waals surface area contributed by atoms with E-state index in [1.54, 1.807) is 12.3 Å². The summed E-state index contributed by atoms with van der Waals surface area (Å²) >= 11 is 6.02. The van der Waals surface area contributed by atoms with Gasteiger partial charge in [0.2, 0.25) is 0 Å². The van der Waals surface area contributed by atoms with E-state index >= 15 is 0 Å². The van der Waals surface area contributed by atoms with Crippen molar-refractivity contribution in [1.82, 2.24) is 9.97 Å². The lowest BCUT2D eigenvalue weighted by Gasteiger charge is -2.07. The summed E-state index contributed by atoms with van der Waals surface area (Å²) in [4.78, 5) is 8.66. The molecule has 1 unspecified atom stereocenters. The summed E-state index contributed by atoms with van der Waals surface area (Å²) in [7, 11) is -0.761. The Morgan fingerprint density at radius 3 is 2.70 bits per heavy atom. The summed E-state index contributed by atoms with van der Waals surface area (Å²) in [6, 6.07) is 11.4. The SMILES string of the molecule is CS(=O)CCCNc1cc(Cl)nc(-c2ccccc2)n1. The van der Waals surface area contributed by atoms with Crippen LogP contribution in [0.2, 0.25) is 5.15 Å². The van der Waals surface area contributed by atoms with Crippen LogP contribution < -0.4 is 5.32 Å². The minimum Gasteiger partial charge on any atom is -0.370 e. The average molecular weight is 310 g/mol. The van der Waals surface area contributed by atoms with Crippen molar-refractivity contribution in [2.24, 2.45) is 0 Å². The highest BCUT2D eigenvalue weighted by Gasteiger charge is 2.05. The first kappa shape index (κ1) is 14.9. The van der Waals surface area contributed by atoms with Crippen molar-refractivity contribution >= 4 is 28.2 Å². The molecule has 0 aliphatic rings. The quantitative estimate of drug-likeness (QED) is 0.658. The van der Waals surface area contributed by atoms with E-state index < -0.39 is 10.8 Å².